The van der Waals surface area contributed by atoms with Crippen LogP contribution in [0.15, 0.2) is 137 Å². The molecule has 38 nitrogen and oxygen atoms in total. The number of carbonyl (C=O) groups is 12. The van der Waals surface area contributed by atoms with Crippen LogP contribution in [-0.4, -0.2) is 199 Å². The summed E-state index contributed by atoms with van der Waals surface area (Å²) < 4.78 is 15.9. The average molecular weight is 1550 g/mol. The Morgan fingerprint density at radius 3 is 1.40 bits per heavy atom. The average Bonchev–Trinajstić information content (AvgIpc) is 1.68. The number of nitrogens with zero attached hydrogens (tertiary/aromatic N) is 9. The molecule has 4 bridgehead atoms. The molecule has 4 aromatic carbocycles. The molecule has 20 N–H and O–H groups in total. The molecule has 0 saturated carbocycles. The zero-order valence-corrected chi connectivity index (χ0v) is 61.5. The quantitative estimate of drug-likeness (QED) is 0.0108. The van der Waals surface area contributed by atoms with Gasteiger partial charge in [0.1, 0.15) is 53.5 Å². The molecule has 8 atom stereocenters. The maximum absolute atomic E-state index is 14.0. The van der Waals surface area contributed by atoms with E-state index < -0.39 is 145 Å². The number of nitrogens with two attached hydrogens (primary N) is 4. The molecule has 0 spiro atoms. The highest BCUT2D eigenvalue weighted by Gasteiger charge is 2.35. The lowest BCUT2D eigenvalue weighted by atomic mass is 10.0. The summed E-state index contributed by atoms with van der Waals surface area (Å²) in [4.78, 5) is 169. The van der Waals surface area contributed by atoms with E-state index in [9.17, 15) is 72.1 Å². The number of nitrogens with one attached hydrogen (secondary N) is 10. The zero-order valence-electron chi connectivity index (χ0n) is 61.5. The van der Waals surface area contributed by atoms with Crippen molar-refractivity contribution in [2.45, 2.75) is 145 Å². The van der Waals surface area contributed by atoms with Crippen LogP contribution in [0.5, 0.6) is 0 Å². The Kier molecular flexibility index (Phi) is 34.5. The van der Waals surface area contributed by atoms with E-state index in [2.05, 4.69) is 88.9 Å². The molecule has 8 rings (SSSR count). The summed E-state index contributed by atoms with van der Waals surface area (Å²) in [6.45, 7) is 1.26. The summed E-state index contributed by atoms with van der Waals surface area (Å²) in [6.07, 6.45) is 6.23. The summed E-state index contributed by atoms with van der Waals surface area (Å²) in [5.74, 6) is -10.1. The third-order valence-corrected chi connectivity index (χ3v) is 17.3. The molecule has 598 valence electrons. The summed E-state index contributed by atoms with van der Waals surface area (Å²) in [7, 11) is 0. The summed E-state index contributed by atoms with van der Waals surface area (Å²) in [5.41, 5.74) is 26.0. The highest BCUT2D eigenvalue weighted by Crippen LogP contribution is 2.24. The monoisotopic (exact) mass is 1550 g/mol. The minimum absolute atomic E-state index is 0.0733. The van der Waals surface area contributed by atoms with Crippen LogP contribution in [-0.2, 0) is 70.4 Å². The Morgan fingerprint density at radius 2 is 0.964 bits per heavy atom. The lowest BCUT2D eigenvalue weighted by Crippen LogP contribution is -2.53. The number of amides is 10. The molecule has 39 heteroatoms. The lowest BCUT2D eigenvalue weighted by molar-refractivity contribution is -0.141. The van der Waals surface area contributed by atoms with E-state index in [0.29, 0.717) is 25.7 Å². The third-order valence-electron chi connectivity index (χ3n) is 17.3. The largest absolute Gasteiger partial charge is 0.481 e. The number of aromatic nitrogens is 6. The number of carboxylic acids is 2. The van der Waals surface area contributed by atoms with Gasteiger partial charge in [-0.15, -0.1) is 10.2 Å². The number of carbonyl (C=O) groups excluding carboxylic acids is 10. The van der Waals surface area contributed by atoms with Gasteiger partial charge in [0.2, 0.25) is 47.3 Å². The Hall–Kier alpha value is -13.3. The van der Waals surface area contributed by atoms with Crippen LogP contribution < -0.4 is 76.1 Å². The van der Waals surface area contributed by atoms with Gasteiger partial charge < -0.3 is 91.2 Å². The Bertz CT molecular complexity index is 4250. The van der Waals surface area contributed by atoms with Gasteiger partial charge in [-0.1, -0.05) is 106 Å². The number of halogens is 1. The third kappa shape index (κ3) is 30.1. The molecule has 112 heavy (non-hydrogen) atoms. The topological polar surface area (TPSA) is 577 Å². The predicted octanol–water partition coefficient (Wildman–Crippen LogP) is -0.921. The van der Waals surface area contributed by atoms with Gasteiger partial charge in [0.25, 0.3) is 11.8 Å². The summed E-state index contributed by atoms with van der Waals surface area (Å²) in [6, 6.07) is 21.9. The number of hydrogen-bond donors (Lipinski definition) is 16. The maximum Gasteiger partial charge on any atom is 0.305 e. The second-order valence-electron chi connectivity index (χ2n) is 26.2. The van der Waals surface area contributed by atoms with Crippen LogP contribution in [0.3, 0.4) is 0 Å². The van der Waals surface area contributed by atoms with Crippen LogP contribution >= 0.6 is 0 Å². The fraction of sp³-hybridized carbons (Fsp3) is 0.411. The first kappa shape index (κ1) is 86.0. The number of unbranched alkanes of at least 4 members (excludes halogenated alkanes) is 2. The number of aliphatic carboxylic acids is 2. The van der Waals surface area contributed by atoms with Gasteiger partial charge in [-0.2, -0.15) is 0 Å². The van der Waals surface area contributed by atoms with Crippen molar-refractivity contribution in [3.05, 3.63) is 167 Å². The Labute approximate surface area is 642 Å². The van der Waals surface area contributed by atoms with Crippen molar-refractivity contribution < 1.29 is 77.0 Å². The van der Waals surface area contributed by atoms with Crippen LogP contribution in [0.25, 0.3) is 0 Å². The molecule has 0 radical (unpaired) electrons. The normalized spacial score (nSPS) is 19.2. The molecule has 6 aromatic rings. The first-order valence-electron chi connectivity index (χ1n) is 36.1. The molecule has 0 unspecified atom stereocenters. The lowest BCUT2D eigenvalue weighted by Gasteiger charge is -2.24. The molecule has 10 amide bonds. The first-order chi connectivity index (χ1) is 53.8. The number of aliphatic imine (C=N–C) groups is 2. The van der Waals surface area contributed by atoms with E-state index in [1.54, 1.807) is 0 Å². The number of aryl methyl sites for hydroxylation is 1. The van der Waals surface area contributed by atoms with Crippen molar-refractivity contribution in [1.82, 2.24) is 83.2 Å². The molecule has 0 saturated heterocycles. The van der Waals surface area contributed by atoms with Crippen LogP contribution in [0.1, 0.15) is 145 Å². The second-order valence-corrected chi connectivity index (χ2v) is 26.2. The van der Waals surface area contributed by atoms with Crippen molar-refractivity contribution in [2.75, 3.05) is 45.9 Å². The van der Waals surface area contributed by atoms with Crippen molar-refractivity contribution in [3.63, 3.8) is 0 Å². The van der Waals surface area contributed by atoms with E-state index >= 15 is 0 Å². The van der Waals surface area contributed by atoms with Gasteiger partial charge in [-0.3, -0.25) is 67.5 Å². The minimum atomic E-state index is -1.50. The number of rotatable bonds is 31. The number of guanidine groups is 2. The smallest absolute Gasteiger partial charge is 0.305 e. The van der Waals surface area contributed by atoms with Gasteiger partial charge in [0.05, 0.1) is 56.6 Å². The maximum atomic E-state index is 14.0. The standard InChI is InChI=1S/C38H50N12O8.C35H44FN11O7/c1-24-12-14-26(15-13-24)20-44-58-23-33(52)41-16-6-5-11-31-37(57)46-27(10-7-17-42-38(39)40)35(55)43-21-32(51)45-29(19-34(53)54)36(56)47-28(30-22-50(31)49-48-30)18-25-8-3-2-4-9-25;36-23-13-11-22(12-14-23)31(51)39-15-5-4-10-28-34(54)43-24(9-6-16-40-35(37)38)32(52)41-19-29(48)42-26(18-30(49)50)33(53)44-25(27-20-47(28)46-45-27)17-21-7-2-1-3-8-21/h2-4,8-9,12-15,20,22,27-29,31H,5-7,10-11,16-19,21,23H2,1H3,(H,41,52)(H,43,55)(H,45,51)(H,46,57)(H,47,56)(H,53,54)(H4,39,40,42);1-3,7-8,11-14,20,24-26,28H,4-6,9-10,15-19H2,(H,39,51)(H,41,52)(H,42,48)(H,43,54)(H,44,53)(H,49,50)(H4,37,38,40)/b44-20+;/t27-,28-,29-,31-;24-,25-,26-,28-/m00/s1. The number of benzene rings is 4. The van der Waals surface area contributed by atoms with E-state index in [-0.39, 0.29) is 119 Å². The fourth-order valence-electron chi connectivity index (χ4n) is 11.6. The highest BCUT2D eigenvalue weighted by molar-refractivity contribution is 5.96. The van der Waals surface area contributed by atoms with Crippen molar-refractivity contribution in [1.29, 1.82) is 0 Å². The van der Waals surface area contributed by atoms with E-state index in [1.807, 2.05) is 91.9 Å². The highest BCUT2D eigenvalue weighted by atomic mass is 19.1. The van der Waals surface area contributed by atoms with E-state index in [1.165, 1.54) is 52.2 Å². The predicted molar refractivity (Wildman–Crippen MR) is 402 cm³/mol. The number of carboxylic acid groups (broad SMARTS) is 2. The van der Waals surface area contributed by atoms with Crippen molar-refractivity contribution in [3.8, 4) is 0 Å². The number of oxime groups is 1. The Balaban J connectivity index is 0.000000312. The number of hydrogen-bond acceptors (Lipinski definition) is 20. The first-order valence-corrected chi connectivity index (χ1v) is 36.1. The second kappa shape index (κ2) is 44.9. The van der Waals surface area contributed by atoms with Crippen LogP contribution in [0.4, 0.5) is 4.39 Å². The Morgan fingerprint density at radius 1 is 0.527 bits per heavy atom. The summed E-state index contributed by atoms with van der Waals surface area (Å²) >= 11 is 0. The van der Waals surface area contributed by atoms with Gasteiger partial charge in [-0.05, 0) is 125 Å². The van der Waals surface area contributed by atoms with Crippen molar-refractivity contribution in [2.24, 2.45) is 38.1 Å². The van der Waals surface area contributed by atoms with Gasteiger partial charge in [0, 0.05) is 31.7 Å². The molecular weight excluding hydrogens is 1460 g/mol. The molecule has 0 fully saturated rings. The van der Waals surface area contributed by atoms with Gasteiger partial charge >= 0.3 is 11.9 Å². The molecule has 2 aliphatic heterocycles. The molecule has 2 aromatic heterocycles. The zero-order chi connectivity index (χ0) is 80.9. The van der Waals surface area contributed by atoms with Crippen molar-refractivity contribution >= 4 is 89.1 Å². The van der Waals surface area contributed by atoms with Crippen LogP contribution in [0, 0.1) is 12.7 Å². The minimum Gasteiger partial charge on any atom is -0.481 e. The van der Waals surface area contributed by atoms with Gasteiger partial charge in [0.15, 0.2) is 18.5 Å². The molecular formula is C73H94FN23O15. The molecule has 2 aliphatic rings. The SMILES string of the molecule is Cc1ccc(/C=N/OCC(=O)NCCCC[C@H]2C(=O)N[C@@H](CCCN=C(N)N)C(=O)NCC(=O)N[C@@H](CC(=O)O)C(=O)N[C@@H](Cc3ccccc3)c3cn2nn3)cc1.NC(N)=NCCC[C@@H]1NC(=O)[C@H](CCCCNC(=O)c2ccc(F)cc2)n2cc(nn2)[C@H](Cc2ccccc2)NC(=O)[C@H](CC(=O)O)NC(=O)CNC1=O. The molecule has 0 aliphatic carbocycles. The summed E-state index contributed by atoms with van der Waals surface area (Å²) in [5, 5.41) is 66.2. The van der Waals surface area contributed by atoms with E-state index in [0.717, 1.165) is 22.3 Å². The van der Waals surface area contributed by atoms with Gasteiger partial charge in [-0.25, -0.2) is 13.8 Å². The fourth-order valence-corrected chi connectivity index (χ4v) is 11.6. The molecule has 4 heterocycles. The van der Waals surface area contributed by atoms with Crippen LogP contribution in [0.2, 0.25) is 0 Å². The number of fused-ring (bicyclic) bond motifs is 4. The van der Waals surface area contributed by atoms with E-state index in [4.69, 9.17) is 27.8 Å².